The van der Waals surface area contributed by atoms with Gasteiger partial charge in [0.05, 0.1) is 10.7 Å². The first-order chi connectivity index (χ1) is 8.89. The maximum absolute atomic E-state index is 4.53. The van der Waals surface area contributed by atoms with E-state index in [1.54, 1.807) is 0 Å². The molecule has 2 rings (SSSR count). The molecule has 0 bridgehead atoms. The molecular formula is C15H27N3S. The van der Waals surface area contributed by atoms with Crippen LogP contribution in [0, 0.1) is 19.3 Å². The van der Waals surface area contributed by atoms with Crippen molar-refractivity contribution in [1.29, 1.82) is 0 Å². The average molecular weight is 281 g/mol. The molecule has 1 atom stereocenters. The molecule has 0 amide bonds. The standard InChI is InChI=1S/C15H27N3S/c1-11(14-12(2)17-13(3)19-14)16-10-15(4)6-8-18(5)9-7-15/h11,16H,6-10H2,1-5H3. The number of hydrogen-bond acceptors (Lipinski definition) is 4. The molecule has 1 aromatic heterocycles. The predicted octanol–water partition coefficient (Wildman–Crippen LogP) is 3.14. The van der Waals surface area contributed by atoms with E-state index < -0.39 is 0 Å². The molecule has 1 unspecified atom stereocenters. The van der Waals surface area contributed by atoms with E-state index in [0.717, 1.165) is 6.54 Å². The Bertz CT molecular complexity index is 419. The van der Waals surface area contributed by atoms with Crippen LogP contribution >= 0.6 is 11.3 Å². The Morgan fingerprint density at radius 3 is 2.53 bits per heavy atom. The van der Waals surface area contributed by atoms with Gasteiger partial charge in [0.1, 0.15) is 0 Å². The van der Waals surface area contributed by atoms with E-state index in [0.29, 0.717) is 11.5 Å². The predicted molar refractivity (Wildman–Crippen MR) is 82.8 cm³/mol. The number of hydrogen-bond donors (Lipinski definition) is 1. The van der Waals surface area contributed by atoms with Gasteiger partial charge >= 0.3 is 0 Å². The van der Waals surface area contributed by atoms with Gasteiger partial charge in [-0.05, 0) is 59.2 Å². The lowest BCUT2D eigenvalue weighted by atomic mass is 9.80. The molecule has 1 aromatic rings. The van der Waals surface area contributed by atoms with Crippen molar-refractivity contribution in [3.63, 3.8) is 0 Å². The van der Waals surface area contributed by atoms with Crippen LogP contribution in [0.2, 0.25) is 0 Å². The van der Waals surface area contributed by atoms with Gasteiger partial charge in [0.15, 0.2) is 0 Å². The van der Waals surface area contributed by atoms with Gasteiger partial charge in [-0.3, -0.25) is 0 Å². The number of thiazole rings is 1. The molecule has 0 aliphatic carbocycles. The first-order valence-corrected chi connectivity index (χ1v) is 8.07. The molecular weight excluding hydrogens is 254 g/mol. The topological polar surface area (TPSA) is 28.2 Å². The van der Waals surface area contributed by atoms with Gasteiger partial charge in [0.2, 0.25) is 0 Å². The summed E-state index contributed by atoms with van der Waals surface area (Å²) in [6, 6.07) is 0.419. The summed E-state index contributed by atoms with van der Waals surface area (Å²) in [5, 5.41) is 4.90. The average Bonchev–Trinajstić information content (AvgIpc) is 2.70. The molecule has 1 N–H and O–H groups in total. The first kappa shape index (κ1) is 14.9. The van der Waals surface area contributed by atoms with Gasteiger partial charge in [0, 0.05) is 17.5 Å². The molecule has 0 aromatic carbocycles. The number of likely N-dealkylation sites (tertiary alicyclic amines) is 1. The van der Waals surface area contributed by atoms with Crippen molar-refractivity contribution < 1.29 is 0 Å². The molecule has 0 radical (unpaired) electrons. The lowest BCUT2D eigenvalue weighted by Crippen LogP contribution is -2.42. The summed E-state index contributed by atoms with van der Waals surface area (Å²) in [5.74, 6) is 0. The Morgan fingerprint density at radius 2 is 2.00 bits per heavy atom. The second-order valence-electron chi connectivity index (χ2n) is 6.40. The Hall–Kier alpha value is -0.450. The van der Waals surface area contributed by atoms with E-state index >= 15 is 0 Å². The van der Waals surface area contributed by atoms with Gasteiger partial charge in [-0.15, -0.1) is 11.3 Å². The van der Waals surface area contributed by atoms with Crippen molar-refractivity contribution in [2.75, 3.05) is 26.7 Å². The summed E-state index contributed by atoms with van der Waals surface area (Å²) in [7, 11) is 2.22. The van der Waals surface area contributed by atoms with Gasteiger partial charge in [-0.2, -0.15) is 0 Å². The third kappa shape index (κ3) is 3.77. The number of nitrogens with one attached hydrogen (secondary N) is 1. The van der Waals surface area contributed by atoms with Crippen LogP contribution in [-0.4, -0.2) is 36.6 Å². The van der Waals surface area contributed by atoms with Crippen molar-refractivity contribution >= 4 is 11.3 Å². The minimum absolute atomic E-state index is 0.419. The molecule has 1 aliphatic heterocycles. The lowest BCUT2D eigenvalue weighted by molar-refractivity contribution is 0.134. The molecule has 3 nitrogen and oxygen atoms in total. The van der Waals surface area contributed by atoms with Crippen molar-refractivity contribution in [2.45, 2.75) is 46.6 Å². The highest BCUT2D eigenvalue weighted by molar-refractivity contribution is 7.11. The first-order valence-electron chi connectivity index (χ1n) is 7.25. The summed E-state index contributed by atoms with van der Waals surface area (Å²) in [5.41, 5.74) is 1.64. The monoisotopic (exact) mass is 281 g/mol. The SMILES string of the molecule is Cc1nc(C)c(C(C)NCC2(C)CCN(C)CC2)s1. The van der Waals surface area contributed by atoms with E-state index in [1.165, 1.54) is 41.5 Å². The maximum atomic E-state index is 4.53. The molecule has 108 valence electrons. The number of aryl methyl sites for hydroxylation is 2. The Labute approximate surface area is 121 Å². The maximum Gasteiger partial charge on any atom is 0.0900 e. The minimum Gasteiger partial charge on any atom is -0.309 e. The fraction of sp³-hybridized carbons (Fsp3) is 0.800. The quantitative estimate of drug-likeness (QED) is 0.919. The van der Waals surface area contributed by atoms with Crippen LogP contribution in [0.1, 0.15) is 48.3 Å². The van der Waals surface area contributed by atoms with Crippen LogP contribution in [0.4, 0.5) is 0 Å². The van der Waals surface area contributed by atoms with E-state index in [9.17, 15) is 0 Å². The van der Waals surface area contributed by atoms with Crippen molar-refractivity contribution in [1.82, 2.24) is 15.2 Å². The zero-order valence-electron chi connectivity index (χ0n) is 12.9. The summed E-state index contributed by atoms with van der Waals surface area (Å²) in [6.45, 7) is 12.5. The summed E-state index contributed by atoms with van der Waals surface area (Å²) >= 11 is 1.83. The van der Waals surface area contributed by atoms with Crippen molar-refractivity contribution in [3.8, 4) is 0 Å². The summed E-state index contributed by atoms with van der Waals surface area (Å²) in [4.78, 5) is 8.36. The molecule has 1 fully saturated rings. The number of aromatic nitrogens is 1. The molecule has 2 heterocycles. The highest BCUT2D eigenvalue weighted by atomic mass is 32.1. The lowest BCUT2D eigenvalue weighted by Gasteiger charge is -2.38. The normalized spacial score (nSPS) is 21.5. The Balaban J connectivity index is 1.90. The van der Waals surface area contributed by atoms with Gasteiger partial charge in [0.25, 0.3) is 0 Å². The minimum atomic E-state index is 0.419. The molecule has 0 spiro atoms. The molecule has 1 saturated heterocycles. The highest BCUT2D eigenvalue weighted by Gasteiger charge is 2.29. The van der Waals surface area contributed by atoms with Crippen LogP contribution in [0.25, 0.3) is 0 Å². The number of nitrogens with zero attached hydrogens (tertiary/aromatic N) is 2. The fourth-order valence-electron chi connectivity index (χ4n) is 2.78. The largest absolute Gasteiger partial charge is 0.309 e. The number of piperidine rings is 1. The van der Waals surface area contributed by atoms with Gasteiger partial charge in [-0.25, -0.2) is 4.98 Å². The van der Waals surface area contributed by atoms with Crippen LogP contribution < -0.4 is 5.32 Å². The van der Waals surface area contributed by atoms with E-state index in [-0.39, 0.29) is 0 Å². The number of rotatable bonds is 4. The Kier molecular flexibility index (Phi) is 4.64. The zero-order valence-corrected chi connectivity index (χ0v) is 13.7. The Morgan fingerprint density at radius 1 is 1.37 bits per heavy atom. The highest BCUT2D eigenvalue weighted by Crippen LogP contribution is 2.31. The third-order valence-corrected chi connectivity index (χ3v) is 5.62. The molecule has 0 saturated carbocycles. The second kappa shape index (κ2) is 5.90. The second-order valence-corrected chi connectivity index (χ2v) is 7.63. The van der Waals surface area contributed by atoms with Crippen LogP contribution in [-0.2, 0) is 0 Å². The molecule has 19 heavy (non-hydrogen) atoms. The molecule has 4 heteroatoms. The van der Waals surface area contributed by atoms with E-state index in [4.69, 9.17) is 0 Å². The van der Waals surface area contributed by atoms with Crippen LogP contribution in [0.15, 0.2) is 0 Å². The van der Waals surface area contributed by atoms with Crippen LogP contribution in [0.5, 0.6) is 0 Å². The van der Waals surface area contributed by atoms with Crippen molar-refractivity contribution in [2.24, 2.45) is 5.41 Å². The molecule has 1 aliphatic rings. The van der Waals surface area contributed by atoms with Gasteiger partial charge < -0.3 is 10.2 Å². The third-order valence-electron chi connectivity index (χ3n) is 4.36. The summed E-state index contributed by atoms with van der Waals surface area (Å²) in [6.07, 6.45) is 2.59. The smallest absolute Gasteiger partial charge is 0.0900 e. The van der Waals surface area contributed by atoms with Crippen LogP contribution in [0.3, 0.4) is 0 Å². The van der Waals surface area contributed by atoms with Gasteiger partial charge in [-0.1, -0.05) is 6.92 Å². The zero-order chi connectivity index (χ0) is 14.0. The fourth-order valence-corrected chi connectivity index (χ4v) is 3.73. The van der Waals surface area contributed by atoms with E-state index in [2.05, 4.69) is 49.9 Å². The van der Waals surface area contributed by atoms with E-state index in [1.807, 2.05) is 11.3 Å². The van der Waals surface area contributed by atoms with Crippen molar-refractivity contribution in [3.05, 3.63) is 15.6 Å². The summed E-state index contributed by atoms with van der Waals surface area (Å²) < 4.78 is 0.